The molecule has 1 saturated heterocycles. The number of non-ortho nitro benzene ring substituents is 1. The smallest absolute Gasteiger partial charge is 0.276 e. The van der Waals surface area contributed by atoms with Crippen LogP contribution in [-0.4, -0.2) is 27.4 Å². The molecule has 0 atom stereocenters. The van der Waals surface area contributed by atoms with Gasteiger partial charge in [-0.05, 0) is 79.8 Å². The number of carbonyl (C=O) groups excluding carboxylic acids is 1. The Labute approximate surface area is 195 Å². The van der Waals surface area contributed by atoms with E-state index in [2.05, 4.69) is 37.2 Å². The largest absolute Gasteiger partial charge is 0.487 e. The molecule has 0 saturated carbocycles. The van der Waals surface area contributed by atoms with Gasteiger partial charge in [0.25, 0.3) is 11.6 Å². The van der Waals surface area contributed by atoms with Crippen LogP contribution in [0.5, 0.6) is 5.75 Å². The van der Waals surface area contributed by atoms with Crippen molar-refractivity contribution in [1.82, 2.24) is 10.2 Å². The Balaban J connectivity index is 1.78. The van der Waals surface area contributed by atoms with E-state index in [1.807, 2.05) is 19.1 Å². The molecule has 0 bridgehead atoms. The monoisotopic (exact) mass is 553 g/mol. The fourth-order valence-electron chi connectivity index (χ4n) is 2.88. The maximum atomic E-state index is 12.5. The van der Waals surface area contributed by atoms with Crippen LogP contribution in [0.2, 0.25) is 0 Å². The Bertz CT molecular complexity index is 1040. The number of hydrogen-bond acceptors (Lipinski definition) is 5. The Kier molecular flexibility index (Phi) is 7.22. The van der Waals surface area contributed by atoms with Gasteiger partial charge in [0, 0.05) is 18.7 Å². The van der Waals surface area contributed by atoms with Crippen LogP contribution in [0.1, 0.15) is 24.5 Å². The van der Waals surface area contributed by atoms with Gasteiger partial charge in [-0.2, -0.15) is 0 Å². The molecule has 1 heterocycles. The highest BCUT2D eigenvalue weighted by Gasteiger charge is 2.29. The molecule has 1 fully saturated rings. The van der Waals surface area contributed by atoms with E-state index in [-0.39, 0.29) is 18.2 Å². The molecule has 0 aromatic heterocycles. The van der Waals surface area contributed by atoms with Crippen LogP contribution in [0.3, 0.4) is 0 Å². The number of rotatable bonds is 7. The van der Waals surface area contributed by atoms with Crippen LogP contribution in [0.4, 0.5) is 5.69 Å². The first-order chi connectivity index (χ1) is 14.3. The first-order valence-corrected chi connectivity index (χ1v) is 11.0. The molecule has 3 rings (SSSR count). The standard InChI is InChI=1S/C20H17Br2N3O4S/c1-2-6-24-19(26)17(23-20(24)30)10-13-8-15(21)18(16(22)9-13)29-11-12-4-3-5-14(7-12)25(27)28/h3-5,7-10H,2,6,11H2,1H3,(H,23,30)/b17-10-. The third-order valence-corrected chi connectivity index (χ3v) is 5.75. The zero-order valence-electron chi connectivity index (χ0n) is 15.9. The molecule has 0 spiro atoms. The molecule has 2 aromatic rings. The predicted octanol–water partition coefficient (Wildman–Crippen LogP) is 5.17. The van der Waals surface area contributed by atoms with E-state index in [4.69, 9.17) is 17.0 Å². The quantitative estimate of drug-likeness (QED) is 0.220. The van der Waals surface area contributed by atoms with Gasteiger partial charge in [0.2, 0.25) is 0 Å². The van der Waals surface area contributed by atoms with Crippen molar-refractivity contribution in [2.75, 3.05) is 6.54 Å². The molecule has 2 aromatic carbocycles. The first kappa shape index (κ1) is 22.4. The van der Waals surface area contributed by atoms with E-state index in [0.717, 1.165) is 12.0 Å². The third-order valence-electron chi connectivity index (χ3n) is 4.25. The average Bonchev–Trinajstić information content (AvgIpc) is 2.95. The van der Waals surface area contributed by atoms with Gasteiger partial charge in [-0.25, -0.2) is 0 Å². The second kappa shape index (κ2) is 9.67. The van der Waals surface area contributed by atoms with E-state index in [1.165, 1.54) is 12.1 Å². The highest BCUT2D eigenvalue weighted by Crippen LogP contribution is 2.36. The maximum Gasteiger partial charge on any atom is 0.276 e. The Morgan fingerprint density at radius 2 is 1.97 bits per heavy atom. The van der Waals surface area contributed by atoms with Gasteiger partial charge in [-0.1, -0.05) is 19.1 Å². The summed E-state index contributed by atoms with van der Waals surface area (Å²) in [6.07, 6.45) is 2.54. The van der Waals surface area contributed by atoms with E-state index in [0.29, 0.717) is 37.6 Å². The van der Waals surface area contributed by atoms with Crippen LogP contribution < -0.4 is 10.1 Å². The van der Waals surface area contributed by atoms with Gasteiger partial charge in [0.05, 0.1) is 13.9 Å². The number of halogens is 2. The number of nitro benzene ring substituents is 1. The van der Waals surface area contributed by atoms with Crippen LogP contribution in [0, 0.1) is 10.1 Å². The van der Waals surface area contributed by atoms with Gasteiger partial charge in [-0.15, -0.1) is 0 Å². The summed E-state index contributed by atoms with van der Waals surface area (Å²) in [4.78, 5) is 24.5. The molecule has 0 aliphatic carbocycles. The molecule has 30 heavy (non-hydrogen) atoms. The normalized spacial score (nSPS) is 14.9. The molecular weight excluding hydrogens is 538 g/mol. The van der Waals surface area contributed by atoms with Crippen molar-refractivity contribution in [3.8, 4) is 5.75 Å². The predicted molar refractivity (Wildman–Crippen MR) is 125 cm³/mol. The van der Waals surface area contributed by atoms with Crippen LogP contribution in [0.15, 0.2) is 51.0 Å². The highest BCUT2D eigenvalue weighted by molar-refractivity contribution is 9.11. The Morgan fingerprint density at radius 3 is 2.60 bits per heavy atom. The zero-order chi connectivity index (χ0) is 21.8. The molecule has 156 valence electrons. The van der Waals surface area contributed by atoms with E-state index in [9.17, 15) is 14.9 Å². The molecule has 0 radical (unpaired) electrons. The fourth-order valence-corrected chi connectivity index (χ4v) is 4.62. The summed E-state index contributed by atoms with van der Waals surface area (Å²) in [6.45, 7) is 2.72. The Morgan fingerprint density at radius 1 is 1.27 bits per heavy atom. The van der Waals surface area contributed by atoms with Gasteiger partial charge >= 0.3 is 0 Å². The van der Waals surface area contributed by atoms with Gasteiger partial charge in [0.15, 0.2) is 5.11 Å². The lowest BCUT2D eigenvalue weighted by Crippen LogP contribution is -2.31. The van der Waals surface area contributed by atoms with Crippen LogP contribution in [0.25, 0.3) is 6.08 Å². The van der Waals surface area contributed by atoms with Crippen molar-refractivity contribution >= 4 is 66.9 Å². The lowest BCUT2D eigenvalue weighted by molar-refractivity contribution is -0.384. The van der Waals surface area contributed by atoms with E-state index < -0.39 is 4.92 Å². The molecule has 10 heteroatoms. The zero-order valence-corrected chi connectivity index (χ0v) is 19.8. The minimum atomic E-state index is -0.441. The summed E-state index contributed by atoms with van der Waals surface area (Å²) in [7, 11) is 0. The van der Waals surface area contributed by atoms with Gasteiger partial charge in [-0.3, -0.25) is 19.8 Å². The molecule has 1 N–H and O–H groups in total. The number of nitro groups is 1. The SMILES string of the molecule is CCCN1C(=O)/C(=C/c2cc(Br)c(OCc3cccc([N+](=O)[O-])c3)c(Br)c2)NC1=S. The summed E-state index contributed by atoms with van der Waals surface area (Å²) in [5.41, 5.74) is 1.88. The van der Waals surface area contributed by atoms with Crippen molar-refractivity contribution in [3.63, 3.8) is 0 Å². The molecular formula is C20H17Br2N3O4S. The lowest BCUT2D eigenvalue weighted by atomic mass is 10.1. The number of ether oxygens (including phenoxy) is 1. The molecule has 1 aliphatic rings. The number of benzene rings is 2. The Hall–Kier alpha value is -2.30. The van der Waals surface area contributed by atoms with E-state index >= 15 is 0 Å². The summed E-state index contributed by atoms with van der Waals surface area (Å²) in [6, 6.07) is 9.93. The topological polar surface area (TPSA) is 84.7 Å². The maximum absolute atomic E-state index is 12.5. The van der Waals surface area contributed by atoms with Gasteiger partial charge in [0.1, 0.15) is 18.1 Å². The van der Waals surface area contributed by atoms with Crippen molar-refractivity contribution in [3.05, 3.63) is 72.3 Å². The fraction of sp³-hybridized carbons (Fsp3) is 0.200. The summed E-state index contributed by atoms with van der Waals surface area (Å²) in [5.74, 6) is 0.401. The molecule has 0 unspecified atom stereocenters. The number of nitrogens with zero attached hydrogens (tertiary/aromatic N) is 2. The third kappa shape index (κ3) is 5.05. The molecule has 1 amide bonds. The first-order valence-electron chi connectivity index (χ1n) is 9.00. The molecule has 1 aliphatic heterocycles. The minimum absolute atomic E-state index is 0.0139. The van der Waals surface area contributed by atoms with Crippen LogP contribution >= 0.6 is 44.1 Å². The number of amides is 1. The summed E-state index contributed by atoms with van der Waals surface area (Å²) in [5, 5.41) is 14.3. The summed E-state index contributed by atoms with van der Waals surface area (Å²) >= 11 is 12.2. The van der Waals surface area contributed by atoms with Crippen molar-refractivity contribution in [1.29, 1.82) is 0 Å². The van der Waals surface area contributed by atoms with Crippen molar-refractivity contribution in [2.45, 2.75) is 20.0 Å². The van der Waals surface area contributed by atoms with Gasteiger partial charge < -0.3 is 10.1 Å². The average molecular weight is 555 g/mol. The number of thiocarbonyl (C=S) groups is 1. The lowest BCUT2D eigenvalue weighted by Gasteiger charge is -2.12. The summed E-state index contributed by atoms with van der Waals surface area (Å²) < 4.78 is 7.20. The van der Waals surface area contributed by atoms with Crippen molar-refractivity contribution < 1.29 is 14.5 Å². The number of hydrogen-bond donors (Lipinski definition) is 1. The number of carbonyl (C=O) groups is 1. The highest BCUT2D eigenvalue weighted by atomic mass is 79.9. The van der Waals surface area contributed by atoms with Crippen LogP contribution in [-0.2, 0) is 11.4 Å². The van der Waals surface area contributed by atoms with Crippen molar-refractivity contribution in [2.24, 2.45) is 0 Å². The minimum Gasteiger partial charge on any atom is -0.487 e. The van der Waals surface area contributed by atoms with E-state index in [1.54, 1.807) is 23.1 Å². The second-order valence-corrected chi connectivity index (χ2v) is 8.57. The second-order valence-electron chi connectivity index (χ2n) is 6.47. The number of nitrogens with one attached hydrogen (secondary N) is 1. The molecule has 7 nitrogen and oxygen atoms in total.